The van der Waals surface area contributed by atoms with Gasteiger partial charge in [-0.15, -0.1) is 0 Å². The van der Waals surface area contributed by atoms with Gasteiger partial charge in [-0.2, -0.15) is 8.42 Å². The van der Waals surface area contributed by atoms with Crippen LogP contribution in [-0.4, -0.2) is 26.5 Å². The first-order valence-corrected chi connectivity index (χ1v) is 6.97. The summed E-state index contributed by atoms with van der Waals surface area (Å²) in [6, 6.07) is 10.4. The van der Waals surface area contributed by atoms with E-state index < -0.39 is 16.1 Å². The van der Waals surface area contributed by atoms with Crippen LogP contribution in [0.25, 0.3) is 0 Å². The molecular weight excluding hydrogens is 282 g/mol. The van der Waals surface area contributed by atoms with Crippen LogP contribution in [0.15, 0.2) is 53.6 Å². The molecule has 0 saturated heterocycles. The Balaban J connectivity index is 2.20. The van der Waals surface area contributed by atoms with Crippen LogP contribution in [0.1, 0.15) is 10.4 Å². The third-order valence-electron chi connectivity index (χ3n) is 2.38. The van der Waals surface area contributed by atoms with Crippen molar-refractivity contribution in [2.24, 2.45) is 0 Å². The molecule has 0 aliphatic carbocycles. The van der Waals surface area contributed by atoms with E-state index in [-0.39, 0.29) is 16.3 Å². The SMILES string of the molecule is COC(=O)c1ccc(OS(=O)(=O)c2ccccc2)nc1. The molecule has 0 unspecified atom stereocenters. The molecule has 0 spiro atoms. The molecule has 104 valence electrons. The van der Waals surface area contributed by atoms with E-state index in [0.717, 1.165) is 0 Å². The third kappa shape index (κ3) is 3.12. The Hall–Kier alpha value is -2.41. The molecule has 0 aliphatic rings. The maximum atomic E-state index is 11.9. The minimum absolute atomic E-state index is 0.0267. The highest BCUT2D eigenvalue weighted by atomic mass is 32.2. The zero-order valence-corrected chi connectivity index (χ0v) is 11.3. The molecule has 0 amide bonds. The number of carbonyl (C=O) groups is 1. The van der Waals surface area contributed by atoms with Crippen molar-refractivity contribution in [2.45, 2.75) is 4.90 Å². The minimum Gasteiger partial charge on any atom is -0.465 e. The summed E-state index contributed by atoms with van der Waals surface area (Å²) in [7, 11) is -2.69. The summed E-state index contributed by atoms with van der Waals surface area (Å²) in [6.07, 6.45) is 1.18. The first-order valence-electron chi connectivity index (χ1n) is 5.57. The van der Waals surface area contributed by atoms with Crippen molar-refractivity contribution in [3.8, 4) is 5.88 Å². The Bertz CT molecular complexity index is 695. The number of hydrogen-bond acceptors (Lipinski definition) is 6. The van der Waals surface area contributed by atoms with Crippen LogP contribution in [0.2, 0.25) is 0 Å². The first kappa shape index (κ1) is 14.0. The van der Waals surface area contributed by atoms with Crippen molar-refractivity contribution in [2.75, 3.05) is 7.11 Å². The Morgan fingerprint density at radius 3 is 2.35 bits per heavy atom. The number of nitrogens with zero attached hydrogens (tertiary/aromatic N) is 1. The number of hydrogen-bond donors (Lipinski definition) is 0. The van der Waals surface area contributed by atoms with E-state index >= 15 is 0 Å². The zero-order valence-electron chi connectivity index (χ0n) is 10.5. The van der Waals surface area contributed by atoms with E-state index in [1.54, 1.807) is 18.2 Å². The van der Waals surface area contributed by atoms with E-state index in [9.17, 15) is 13.2 Å². The van der Waals surface area contributed by atoms with E-state index in [2.05, 4.69) is 9.72 Å². The van der Waals surface area contributed by atoms with Crippen molar-refractivity contribution in [3.05, 3.63) is 54.2 Å². The van der Waals surface area contributed by atoms with Crippen LogP contribution >= 0.6 is 0 Å². The molecule has 0 saturated carbocycles. The maximum absolute atomic E-state index is 11.9. The van der Waals surface area contributed by atoms with Crippen LogP contribution < -0.4 is 4.18 Å². The van der Waals surface area contributed by atoms with Crippen LogP contribution in [-0.2, 0) is 14.9 Å². The molecule has 0 N–H and O–H groups in total. The van der Waals surface area contributed by atoms with E-state index in [1.807, 2.05) is 0 Å². The van der Waals surface area contributed by atoms with E-state index in [4.69, 9.17) is 4.18 Å². The van der Waals surface area contributed by atoms with Crippen molar-refractivity contribution in [1.29, 1.82) is 0 Å². The van der Waals surface area contributed by atoms with Crippen molar-refractivity contribution >= 4 is 16.1 Å². The molecule has 0 atom stereocenters. The van der Waals surface area contributed by atoms with Gasteiger partial charge in [0.15, 0.2) is 0 Å². The minimum atomic E-state index is -3.93. The van der Waals surface area contributed by atoms with Gasteiger partial charge in [0.25, 0.3) is 0 Å². The van der Waals surface area contributed by atoms with Gasteiger partial charge in [0.1, 0.15) is 4.90 Å². The lowest BCUT2D eigenvalue weighted by Crippen LogP contribution is -2.11. The number of methoxy groups -OCH3 is 1. The molecule has 1 aromatic carbocycles. The molecule has 2 aromatic rings. The fraction of sp³-hybridized carbons (Fsp3) is 0.0769. The number of rotatable bonds is 4. The fourth-order valence-corrected chi connectivity index (χ4v) is 2.33. The molecule has 1 heterocycles. The summed E-state index contributed by atoms with van der Waals surface area (Å²) < 4.78 is 33.2. The van der Waals surface area contributed by atoms with Crippen LogP contribution in [0.4, 0.5) is 0 Å². The van der Waals surface area contributed by atoms with Gasteiger partial charge in [-0.05, 0) is 18.2 Å². The van der Waals surface area contributed by atoms with E-state index in [0.29, 0.717) is 0 Å². The molecule has 0 radical (unpaired) electrons. The Morgan fingerprint density at radius 2 is 1.80 bits per heavy atom. The van der Waals surface area contributed by atoms with Crippen LogP contribution in [0.3, 0.4) is 0 Å². The van der Waals surface area contributed by atoms with Gasteiger partial charge in [0.2, 0.25) is 5.88 Å². The zero-order chi connectivity index (χ0) is 14.6. The molecule has 7 heteroatoms. The van der Waals surface area contributed by atoms with Gasteiger partial charge >= 0.3 is 16.1 Å². The molecule has 2 rings (SSSR count). The van der Waals surface area contributed by atoms with Crippen LogP contribution in [0, 0.1) is 0 Å². The Labute approximate surface area is 116 Å². The first-order chi connectivity index (χ1) is 9.53. The van der Waals surface area contributed by atoms with Crippen molar-refractivity contribution < 1.29 is 22.1 Å². The number of ether oxygens (including phenoxy) is 1. The van der Waals surface area contributed by atoms with Gasteiger partial charge in [-0.25, -0.2) is 9.78 Å². The van der Waals surface area contributed by atoms with Gasteiger partial charge < -0.3 is 8.92 Å². The Morgan fingerprint density at radius 1 is 1.10 bits per heavy atom. The lowest BCUT2D eigenvalue weighted by molar-refractivity contribution is 0.0600. The predicted molar refractivity (Wildman–Crippen MR) is 69.8 cm³/mol. The topological polar surface area (TPSA) is 82.6 Å². The highest BCUT2D eigenvalue weighted by Crippen LogP contribution is 2.16. The van der Waals surface area contributed by atoms with Crippen molar-refractivity contribution in [1.82, 2.24) is 4.98 Å². The lowest BCUT2D eigenvalue weighted by Gasteiger charge is -2.06. The molecule has 1 aromatic heterocycles. The largest absolute Gasteiger partial charge is 0.465 e. The van der Waals surface area contributed by atoms with Gasteiger partial charge in [-0.3, -0.25) is 0 Å². The number of carbonyl (C=O) groups excluding carboxylic acids is 1. The lowest BCUT2D eigenvalue weighted by atomic mass is 10.3. The fourth-order valence-electron chi connectivity index (χ4n) is 1.42. The van der Waals surface area contributed by atoms with Crippen molar-refractivity contribution in [3.63, 3.8) is 0 Å². The smallest absolute Gasteiger partial charge is 0.340 e. The van der Waals surface area contributed by atoms with Gasteiger partial charge in [-0.1, -0.05) is 18.2 Å². The highest BCUT2D eigenvalue weighted by Gasteiger charge is 2.17. The predicted octanol–water partition coefficient (Wildman–Crippen LogP) is 1.64. The monoisotopic (exact) mass is 293 g/mol. The summed E-state index contributed by atoms with van der Waals surface area (Å²) in [4.78, 5) is 15.0. The van der Waals surface area contributed by atoms with Gasteiger partial charge in [0, 0.05) is 12.3 Å². The average molecular weight is 293 g/mol. The molecular formula is C13H11NO5S. The Kier molecular flexibility index (Phi) is 3.99. The average Bonchev–Trinajstić information content (AvgIpc) is 2.48. The molecule has 0 fully saturated rings. The highest BCUT2D eigenvalue weighted by molar-refractivity contribution is 7.87. The van der Waals surface area contributed by atoms with Gasteiger partial charge in [0.05, 0.1) is 12.7 Å². The molecule has 20 heavy (non-hydrogen) atoms. The third-order valence-corrected chi connectivity index (χ3v) is 3.62. The summed E-state index contributed by atoms with van der Waals surface area (Å²) in [5.74, 6) is -0.684. The maximum Gasteiger partial charge on any atom is 0.340 e. The standard InChI is InChI=1S/C13H11NO5S/c1-18-13(15)10-7-8-12(14-9-10)19-20(16,17)11-5-3-2-4-6-11/h2-9H,1H3. The summed E-state index contributed by atoms with van der Waals surface area (Å²) >= 11 is 0. The summed E-state index contributed by atoms with van der Waals surface area (Å²) in [5, 5.41) is 0. The number of pyridine rings is 1. The number of esters is 1. The quantitative estimate of drug-likeness (QED) is 0.629. The normalized spacial score (nSPS) is 10.8. The summed E-state index contributed by atoms with van der Waals surface area (Å²) in [6.45, 7) is 0. The second-order valence-electron chi connectivity index (χ2n) is 3.73. The number of benzene rings is 1. The summed E-state index contributed by atoms with van der Waals surface area (Å²) in [5.41, 5.74) is 0.206. The number of aromatic nitrogens is 1. The second-order valence-corrected chi connectivity index (χ2v) is 5.27. The van der Waals surface area contributed by atoms with Crippen LogP contribution in [0.5, 0.6) is 5.88 Å². The molecule has 0 bridgehead atoms. The van der Waals surface area contributed by atoms with E-state index in [1.165, 1.54) is 37.6 Å². The molecule has 0 aliphatic heterocycles. The second kappa shape index (κ2) is 5.70. The molecule has 6 nitrogen and oxygen atoms in total.